The molecule has 1 saturated carbocycles. The number of aliphatic hydroxyl groups excluding tert-OH is 1. The van der Waals surface area contributed by atoms with Gasteiger partial charge < -0.3 is 9.53 Å². The molecule has 1 unspecified atom stereocenters. The third-order valence-electron chi connectivity index (χ3n) is 5.54. The topological polar surface area (TPSA) is 29.5 Å². The highest BCUT2D eigenvalue weighted by molar-refractivity contribution is 6.99. The summed E-state index contributed by atoms with van der Waals surface area (Å²) in [6, 6.07) is 21.7. The molecular formula is C23H32O2Si. The van der Waals surface area contributed by atoms with Crippen molar-refractivity contribution in [3.8, 4) is 0 Å². The van der Waals surface area contributed by atoms with Crippen LogP contribution in [0.1, 0.15) is 46.5 Å². The van der Waals surface area contributed by atoms with Gasteiger partial charge in [-0.25, -0.2) is 0 Å². The standard InChI is InChI=1S/C23H32O2Si/c1-23(2,3)26(20-11-6-4-7-12-20,21-13-8-5-9-14-21)25-22(15-10-18-24)19-16-17-19/h4-9,11-14,19,22,24H,10,15-18H2,1-3H3. The highest BCUT2D eigenvalue weighted by atomic mass is 28.4. The van der Waals surface area contributed by atoms with Crippen molar-refractivity contribution < 1.29 is 9.53 Å². The molecule has 0 amide bonds. The van der Waals surface area contributed by atoms with Crippen LogP contribution in [0.5, 0.6) is 0 Å². The fourth-order valence-electron chi connectivity index (χ4n) is 4.07. The van der Waals surface area contributed by atoms with Gasteiger partial charge >= 0.3 is 0 Å². The van der Waals surface area contributed by atoms with Gasteiger partial charge in [-0.1, -0.05) is 81.4 Å². The van der Waals surface area contributed by atoms with E-state index in [1.807, 2.05) is 0 Å². The van der Waals surface area contributed by atoms with E-state index in [1.165, 1.54) is 23.2 Å². The van der Waals surface area contributed by atoms with Gasteiger partial charge in [0.2, 0.25) is 0 Å². The minimum atomic E-state index is -2.47. The molecule has 0 radical (unpaired) electrons. The molecule has 1 fully saturated rings. The van der Waals surface area contributed by atoms with Crippen molar-refractivity contribution in [3.05, 3.63) is 60.7 Å². The van der Waals surface area contributed by atoms with Gasteiger partial charge in [0.15, 0.2) is 0 Å². The molecule has 140 valence electrons. The Balaban J connectivity index is 2.10. The van der Waals surface area contributed by atoms with Crippen LogP contribution in [0.15, 0.2) is 60.7 Å². The minimum absolute atomic E-state index is 0.0159. The summed E-state index contributed by atoms with van der Waals surface area (Å²) in [5.74, 6) is 0.656. The van der Waals surface area contributed by atoms with Gasteiger partial charge in [-0.3, -0.25) is 0 Å². The second kappa shape index (κ2) is 8.08. The van der Waals surface area contributed by atoms with Gasteiger partial charge in [0, 0.05) is 12.7 Å². The maximum Gasteiger partial charge on any atom is 0.261 e. The third-order valence-corrected chi connectivity index (χ3v) is 10.6. The molecule has 0 heterocycles. The summed E-state index contributed by atoms with van der Waals surface area (Å²) >= 11 is 0. The van der Waals surface area contributed by atoms with E-state index in [0.717, 1.165) is 12.8 Å². The van der Waals surface area contributed by atoms with Gasteiger partial charge in [-0.15, -0.1) is 0 Å². The highest BCUT2D eigenvalue weighted by Crippen LogP contribution is 2.43. The molecule has 0 aromatic heterocycles. The third kappa shape index (κ3) is 3.95. The Morgan fingerprint density at radius 1 is 0.962 bits per heavy atom. The van der Waals surface area contributed by atoms with E-state index in [0.29, 0.717) is 5.92 Å². The summed E-state index contributed by atoms with van der Waals surface area (Å²) in [5, 5.41) is 12.1. The molecule has 2 nitrogen and oxygen atoms in total. The molecule has 3 rings (SSSR count). The highest BCUT2D eigenvalue weighted by Gasteiger charge is 2.52. The first-order chi connectivity index (χ1) is 12.5. The lowest BCUT2D eigenvalue weighted by atomic mass is 10.1. The number of rotatable bonds is 8. The number of hydrogen-bond donors (Lipinski definition) is 1. The molecule has 0 spiro atoms. The maximum absolute atomic E-state index is 9.37. The summed E-state index contributed by atoms with van der Waals surface area (Å²) in [7, 11) is -2.47. The van der Waals surface area contributed by atoms with Gasteiger partial charge in [-0.05, 0) is 47.0 Å². The van der Waals surface area contributed by atoms with E-state index in [9.17, 15) is 5.11 Å². The van der Waals surface area contributed by atoms with Crippen molar-refractivity contribution >= 4 is 18.7 Å². The van der Waals surface area contributed by atoms with Gasteiger partial charge in [0.05, 0.1) is 0 Å². The Morgan fingerprint density at radius 2 is 1.46 bits per heavy atom. The van der Waals surface area contributed by atoms with E-state index in [1.54, 1.807) is 0 Å². The van der Waals surface area contributed by atoms with Gasteiger partial charge in [0.25, 0.3) is 8.32 Å². The Hall–Kier alpha value is -1.42. The van der Waals surface area contributed by atoms with Crippen LogP contribution >= 0.6 is 0 Å². The Kier molecular flexibility index (Phi) is 6.01. The zero-order chi connectivity index (χ0) is 18.6. The lowest BCUT2D eigenvalue weighted by Gasteiger charge is -2.45. The molecule has 2 aromatic carbocycles. The zero-order valence-corrected chi connectivity index (χ0v) is 17.3. The van der Waals surface area contributed by atoms with Crippen LogP contribution in [-0.2, 0) is 4.43 Å². The summed E-state index contributed by atoms with van der Waals surface area (Å²) in [6.45, 7) is 7.23. The molecule has 0 aliphatic heterocycles. The van der Waals surface area contributed by atoms with Crippen LogP contribution in [0.4, 0.5) is 0 Å². The van der Waals surface area contributed by atoms with Crippen LogP contribution in [-0.4, -0.2) is 26.1 Å². The molecular weight excluding hydrogens is 336 g/mol. The van der Waals surface area contributed by atoms with Crippen LogP contribution in [0.3, 0.4) is 0 Å². The van der Waals surface area contributed by atoms with Crippen molar-refractivity contribution in [2.24, 2.45) is 5.92 Å². The summed E-state index contributed by atoms with van der Waals surface area (Å²) < 4.78 is 7.23. The van der Waals surface area contributed by atoms with Crippen molar-refractivity contribution in [3.63, 3.8) is 0 Å². The van der Waals surface area contributed by atoms with Crippen LogP contribution < -0.4 is 10.4 Å². The van der Waals surface area contributed by atoms with E-state index >= 15 is 0 Å². The van der Waals surface area contributed by atoms with Crippen LogP contribution in [0, 0.1) is 5.92 Å². The number of benzene rings is 2. The molecule has 0 saturated heterocycles. The summed E-state index contributed by atoms with van der Waals surface area (Å²) in [5.41, 5.74) is 0. The fraction of sp³-hybridized carbons (Fsp3) is 0.478. The van der Waals surface area contributed by atoms with Crippen molar-refractivity contribution in [1.82, 2.24) is 0 Å². The second-order valence-corrected chi connectivity index (χ2v) is 12.8. The predicted octanol–water partition coefficient (Wildman–Crippen LogP) is 4.11. The largest absolute Gasteiger partial charge is 0.404 e. The lowest BCUT2D eigenvalue weighted by molar-refractivity contribution is 0.142. The van der Waals surface area contributed by atoms with E-state index in [2.05, 4.69) is 81.4 Å². The van der Waals surface area contributed by atoms with Crippen molar-refractivity contribution in [2.75, 3.05) is 6.61 Å². The fourth-order valence-corrected chi connectivity index (χ4v) is 8.85. The van der Waals surface area contributed by atoms with E-state index in [4.69, 9.17) is 4.43 Å². The quantitative estimate of drug-likeness (QED) is 0.711. The average Bonchev–Trinajstić information content (AvgIpc) is 3.48. The summed E-state index contributed by atoms with van der Waals surface area (Å²) in [4.78, 5) is 0. The smallest absolute Gasteiger partial charge is 0.261 e. The van der Waals surface area contributed by atoms with E-state index in [-0.39, 0.29) is 17.7 Å². The SMILES string of the molecule is CC(C)(C)[Si](OC(CCCO)C1CC1)(c1ccccc1)c1ccccc1. The molecule has 2 aromatic rings. The maximum atomic E-state index is 9.37. The lowest BCUT2D eigenvalue weighted by Crippen LogP contribution is -2.67. The Bertz CT molecular complexity index is 635. The van der Waals surface area contributed by atoms with Gasteiger partial charge in [-0.2, -0.15) is 0 Å². The second-order valence-electron chi connectivity index (χ2n) is 8.52. The monoisotopic (exact) mass is 368 g/mol. The van der Waals surface area contributed by atoms with E-state index < -0.39 is 8.32 Å². The predicted molar refractivity (Wildman–Crippen MR) is 112 cm³/mol. The molecule has 26 heavy (non-hydrogen) atoms. The summed E-state index contributed by atoms with van der Waals surface area (Å²) in [6.07, 6.45) is 4.53. The van der Waals surface area contributed by atoms with Crippen LogP contribution in [0.25, 0.3) is 0 Å². The Labute approximate surface area is 159 Å². The normalized spacial score (nSPS) is 16.5. The van der Waals surface area contributed by atoms with Gasteiger partial charge in [0.1, 0.15) is 0 Å². The molecule has 1 N–H and O–H groups in total. The number of hydrogen-bond acceptors (Lipinski definition) is 2. The first kappa shape index (κ1) is 19.3. The first-order valence-electron chi connectivity index (χ1n) is 9.89. The first-order valence-corrected chi connectivity index (χ1v) is 11.8. The van der Waals surface area contributed by atoms with Crippen molar-refractivity contribution in [2.45, 2.75) is 57.6 Å². The minimum Gasteiger partial charge on any atom is -0.404 e. The molecule has 1 atom stereocenters. The van der Waals surface area contributed by atoms with Crippen molar-refractivity contribution in [1.29, 1.82) is 0 Å². The van der Waals surface area contributed by atoms with Crippen LogP contribution in [0.2, 0.25) is 5.04 Å². The Morgan fingerprint density at radius 3 is 1.85 bits per heavy atom. The molecule has 0 bridgehead atoms. The number of aliphatic hydroxyl groups is 1. The average molecular weight is 369 g/mol. The molecule has 1 aliphatic carbocycles. The molecule has 1 aliphatic rings. The zero-order valence-electron chi connectivity index (χ0n) is 16.3. The molecule has 3 heteroatoms.